The maximum Gasteiger partial charge on any atom is 0.234 e. The van der Waals surface area contributed by atoms with Crippen LogP contribution >= 0.6 is 11.8 Å². The van der Waals surface area contributed by atoms with Crippen LogP contribution < -0.4 is 5.32 Å². The Balaban J connectivity index is 1.56. The summed E-state index contributed by atoms with van der Waals surface area (Å²) >= 11 is 1.34. The van der Waals surface area contributed by atoms with Gasteiger partial charge in [-0.05, 0) is 48.2 Å². The van der Waals surface area contributed by atoms with Crippen molar-refractivity contribution in [1.29, 1.82) is 0 Å². The molecule has 2 heterocycles. The van der Waals surface area contributed by atoms with Crippen molar-refractivity contribution in [3.8, 4) is 0 Å². The second-order valence-electron chi connectivity index (χ2n) is 5.88. The van der Waals surface area contributed by atoms with E-state index in [0.29, 0.717) is 11.7 Å². The molecule has 2 aromatic rings. The fourth-order valence-electron chi connectivity index (χ4n) is 2.71. The maximum absolute atomic E-state index is 12.2. The van der Waals surface area contributed by atoms with Crippen LogP contribution in [-0.4, -0.2) is 44.6 Å². The number of anilines is 1. The number of ether oxygens (including phenoxy) is 1. The number of rotatable bonds is 6. The molecule has 7 nitrogen and oxygen atoms in total. The Bertz CT molecular complexity index is 692. The highest BCUT2D eigenvalue weighted by Gasteiger charge is 2.19. The van der Waals surface area contributed by atoms with Gasteiger partial charge in [0.1, 0.15) is 0 Å². The number of thioether (sulfide) groups is 1. The zero-order valence-corrected chi connectivity index (χ0v) is 14.7. The van der Waals surface area contributed by atoms with E-state index in [1.54, 1.807) is 4.68 Å². The van der Waals surface area contributed by atoms with E-state index in [9.17, 15) is 4.79 Å². The highest BCUT2D eigenvalue weighted by atomic mass is 32.2. The van der Waals surface area contributed by atoms with E-state index in [4.69, 9.17) is 4.74 Å². The summed E-state index contributed by atoms with van der Waals surface area (Å²) < 4.78 is 7.32. The van der Waals surface area contributed by atoms with E-state index in [1.165, 1.54) is 11.8 Å². The molecule has 0 aliphatic carbocycles. The summed E-state index contributed by atoms with van der Waals surface area (Å²) in [6, 6.07) is 5.95. The van der Waals surface area contributed by atoms with Gasteiger partial charge < -0.3 is 10.1 Å². The Labute approximate surface area is 145 Å². The number of aromatic nitrogens is 4. The molecule has 1 saturated heterocycles. The average molecular weight is 347 g/mol. The van der Waals surface area contributed by atoms with Crippen LogP contribution in [0, 0.1) is 13.8 Å². The van der Waals surface area contributed by atoms with Gasteiger partial charge in [0, 0.05) is 12.3 Å². The van der Waals surface area contributed by atoms with Gasteiger partial charge in [0.15, 0.2) is 0 Å². The minimum absolute atomic E-state index is 0.0657. The number of amides is 1. The highest BCUT2D eigenvalue weighted by Crippen LogP contribution is 2.21. The number of benzene rings is 1. The molecule has 0 bridgehead atoms. The molecular formula is C16H21N5O2S. The lowest BCUT2D eigenvalue weighted by Gasteiger charge is -2.12. The number of aryl methyl sites for hydroxylation is 2. The Hall–Kier alpha value is -1.93. The van der Waals surface area contributed by atoms with Crippen molar-refractivity contribution in [3.05, 3.63) is 29.3 Å². The number of para-hydroxylation sites is 1. The highest BCUT2D eigenvalue weighted by molar-refractivity contribution is 7.99. The summed E-state index contributed by atoms with van der Waals surface area (Å²) in [6.45, 7) is 5.40. The maximum atomic E-state index is 12.2. The van der Waals surface area contributed by atoms with Gasteiger partial charge in [-0.15, -0.1) is 5.10 Å². The minimum atomic E-state index is -0.0657. The molecule has 1 aromatic heterocycles. The van der Waals surface area contributed by atoms with Crippen LogP contribution in [0.25, 0.3) is 0 Å². The van der Waals surface area contributed by atoms with E-state index in [1.807, 2.05) is 32.0 Å². The second kappa shape index (κ2) is 7.76. The molecule has 24 heavy (non-hydrogen) atoms. The minimum Gasteiger partial charge on any atom is -0.376 e. The van der Waals surface area contributed by atoms with Gasteiger partial charge in [0.2, 0.25) is 11.1 Å². The van der Waals surface area contributed by atoms with Crippen LogP contribution in [0.5, 0.6) is 0 Å². The van der Waals surface area contributed by atoms with Crippen LogP contribution in [-0.2, 0) is 16.1 Å². The van der Waals surface area contributed by atoms with E-state index in [2.05, 4.69) is 20.8 Å². The first-order chi connectivity index (χ1) is 11.6. The zero-order valence-electron chi connectivity index (χ0n) is 13.9. The molecule has 8 heteroatoms. The second-order valence-corrected chi connectivity index (χ2v) is 6.82. The number of hydrogen-bond donors (Lipinski definition) is 1. The summed E-state index contributed by atoms with van der Waals surface area (Å²) in [7, 11) is 0. The lowest BCUT2D eigenvalue weighted by molar-refractivity contribution is -0.113. The molecular weight excluding hydrogens is 326 g/mol. The number of nitrogens with one attached hydrogen (secondary N) is 1. The Morgan fingerprint density at radius 3 is 2.92 bits per heavy atom. The SMILES string of the molecule is Cc1cccc(C)c1NC(=O)CSc1nnnn1CC1CCCO1. The molecule has 1 amide bonds. The third kappa shape index (κ3) is 4.12. The molecule has 1 atom stereocenters. The smallest absolute Gasteiger partial charge is 0.234 e. The first-order valence-electron chi connectivity index (χ1n) is 8.00. The average Bonchev–Trinajstić information content (AvgIpc) is 3.21. The predicted octanol–water partition coefficient (Wildman–Crippen LogP) is 2.20. The molecule has 1 N–H and O–H groups in total. The first kappa shape index (κ1) is 16.9. The van der Waals surface area contributed by atoms with Gasteiger partial charge >= 0.3 is 0 Å². The summed E-state index contributed by atoms with van der Waals surface area (Å²) in [6.07, 6.45) is 2.26. The lowest BCUT2D eigenvalue weighted by Crippen LogP contribution is -2.18. The molecule has 0 saturated carbocycles. The number of carbonyl (C=O) groups excluding carboxylic acids is 1. The predicted molar refractivity (Wildman–Crippen MR) is 92.1 cm³/mol. The van der Waals surface area contributed by atoms with Crippen LogP contribution in [0.2, 0.25) is 0 Å². The van der Waals surface area contributed by atoms with Crippen molar-refractivity contribution in [2.24, 2.45) is 0 Å². The Morgan fingerprint density at radius 1 is 1.42 bits per heavy atom. The molecule has 0 spiro atoms. The third-order valence-corrected chi connectivity index (χ3v) is 4.93. The molecule has 1 aliphatic rings. The van der Waals surface area contributed by atoms with Gasteiger partial charge in [-0.1, -0.05) is 30.0 Å². The topological polar surface area (TPSA) is 81.9 Å². The van der Waals surface area contributed by atoms with Crippen LogP contribution in [0.1, 0.15) is 24.0 Å². The van der Waals surface area contributed by atoms with Crippen molar-refractivity contribution in [3.63, 3.8) is 0 Å². The van der Waals surface area contributed by atoms with Gasteiger partial charge in [0.25, 0.3) is 0 Å². The lowest BCUT2D eigenvalue weighted by atomic mass is 10.1. The number of carbonyl (C=O) groups is 1. The molecule has 1 aliphatic heterocycles. The summed E-state index contributed by atoms with van der Waals surface area (Å²) in [5.74, 6) is 0.198. The Morgan fingerprint density at radius 2 is 2.21 bits per heavy atom. The van der Waals surface area contributed by atoms with E-state index >= 15 is 0 Å². The fraction of sp³-hybridized carbons (Fsp3) is 0.500. The van der Waals surface area contributed by atoms with E-state index in [-0.39, 0.29) is 17.8 Å². The molecule has 128 valence electrons. The van der Waals surface area contributed by atoms with Gasteiger partial charge in [-0.3, -0.25) is 4.79 Å². The third-order valence-electron chi connectivity index (χ3n) is 3.98. The van der Waals surface area contributed by atoms with Crippen molar-refractivity contribution in [2.75, 3.05) is 17.7 Å². The summed E-state index contributed by atoms with van der Waals surface area (Å²) in [5.41, 5.74) is 2.98. The van der Waals surface area contributed by atoms with E-state index < -0.39 is 0 Å². The molecule has 1 aromatic carbocycles. The Kier molecular flexibility index (Phi) is 5.47. The quantitative estimate of drug-likeness (QED) is 0.807. The van der Waals surface area contributed by atoms with Crippen LogP contribution in [0.3, 0.4) is 0 Å². The number of tetrazole rings is 1. The van der Waals surface area contributed by atoms with E-state index in [0.717, 1.165) is 36.3 Å². The van der Waals surface area contributed by atoms with Gasteiger partial charge in [-0.2, -0.15) is 0 Å². The standard InChI is InChI=1S/C16H21N5O2S/c1-11-5-3-6-12(2)15(11)17-14(22)10-24-16-18-19-20-21(16)9-13-7-4-8-23-13/h3,5-6,13H,4,7-10H2,1-2H3,(H,17,22). The van der Waals surface area contributed by atoms with Crippen molar-refractivity contribution >= 4 is 23.4 Å². The molecule has 3 rings (SSSR count). The molecule has 1 fully saturated rings. The zero-order chi connectivity index (χ0) is 16.9. The van der Waals surface area contributed by atoms with Crippen LogP contribution in [0.15, 0.2) is 23.4 Å². The molecule has 0 radical (unpaired) electrons. The van der Waals surface area contributed by atoms with Gasteiger partial charge in [0.05, 0.1) is 18.4 Å². The molecule has 1 unspecified atom stereocenters. The fourth-order valence-corrected chi connectivity index (χ4v) is 3.40. The van der Waals surface area contributed by atoms with Gasteiger partial charge in [-0.25, -0.2) is 4.68 Å². The van der Waals surface area contributed by atoms with Crippen molar-refractivity contribution < 1.29 is 9.53 Å². The summed E-state index contributed by atoms with van der Waals surface area (Å²) in [5, 5.41) is 15.3. The summed E-state index contributed by atoms with van der Waals surface area (Å²) in [4.78, 5) is 12.2. The monoisotopic (exact) mass is 347 g/mol. The van der Waals surface area contributed by atoms with Crippen molar-refractivity contribution in [2.45, 2.75) is 44.5 Å². The largest absolute Gasteiger partial charge is 0.376 e. The number of nitrogens with zero attached hydrogens (tertiary/aromatic N) is 4. The first-order valence-corrected chi connectivity index (χ1v) is 8.98. The normalized spacial score (nSPS) is 17.2. The van der Waals surface area contributed by atoms with Crippen molar-refractivity contribution in [1.82, 2.24) is 20.2 Å². The number of hydrogen-bond acceptors (Lipinski definition) is 6. The van der Waals surface area contributed by atoms with Crippen LogP contribution in [0.4, 0.5) is 5.69 Å².